The molecule has 1 unspecified atom stereocenters. The lowest BCUT2D eigenvalue weighted by Crippen LogP contribution is -2.48. The molecule has 11 heteroatoms. The van der Waals surface area contributed by atoms with Crippen molar-refractivity contribution < 1.29 is 23.1 Å². The van der Waals surface area contributed by atoms with E-state index in [9.17, 15) is 23.1 Å². The number of nitrogens with zero attached hydrogens (tertiary/aromatic N) is 1. The first-order valence-electron chi connectivity index (χ1n) is 9.62. The minimum Gasteiger partial charge on any atom is -0.480 e. The molecule has 0 bridgehead atoms. The topological polar surface area (TPSA) is 151 Å². The second-order valence-electron chi connectivity index (χ2n) is 6.91. The van der Waals surface area contributed by atoms with Crippen LogP contribution >= 0.6 is 11.3 Å². The van der Waals surface area contributed by atoms with E-state index in [4.69, 9.17) is 5.73 Å². The molecule has 5 N–H and O–H groups in total. The molecule has 0 aliphatic rings. The van der Waals surface area contributed by atoms with Gasteiger partial charge in [0, 0.05) is 17.5 Å². The van der Waals surface area contributed by atoms with Crippen LogP contribution in [0.5, 0.6) is 0 Å². The van der Waals surface area contributed by atoms with Crippen molar-refractivity contribution >= 4 is 38.4 Å². The lowest BCUT2D eigenvalue weighted by molar-refractivity contribution is -0.138. The van der Waals surface area contributed by atoms with E-state index in [2.05, 4.69) is 15.0 Å². The van der Waals surface area contributed by atoms with Gasteiger partial charge in [0.25, 0.3) is 5.91 Å². The van der Waals surface area contributed by atoms with Crippen LogP contribution in [0.3, 0.4) is 0 Å². The molecule has 0 fully saturated rings. The number of aryl methyl sites for hydroxylation is 2. The molecule has 1 aromatic heterocycles. The van der Waals surface area contributed by atoms with E-state index in [1.54, 1.807) is 30.3 Å². The molecule has 9 nitrogen and oxygen atoms in total. The Morgan fingerprint density at radius 2 is 1.75 bits per heavy atom. The number of carbonyl (C=O) groups is 2. The maximum atomic E-state index is 12.4. The van der Waals surface area contributed by atoms with Gasteiger partial charge in [0.2, 0.25) is 10.0 Å². The largest absolute Gasteiger partial charge is 0.480 e. The fourth-order valence-corrected chi connectivity index (χ4v) is 4.67. The summed E-state index contributed by atoms with van der Waals surface area (Å²) in [5.41, 5.74) is 7.87. The summed E-state index contributed by atoms with van der Waals surface area (Å²) in [7, 11) is -4.04. The molecule has 3 aromatic rings. The second kappa shape index (κ2) is 10.4. The van der Waals surface area contributed by atoms with Gasteiger partial charge in [0.05, 0.1) is 10.6 Å². The van der Waals surface area contributed by atoms with Crippen molar-refractivity contribution in [3.63, 3.8) is 0 Å². The van der Waals surface area contributed by atoms with Crippen LogP contribution in [0.1, 0.15) is 21.6 Å². The number of rotatable bonds is 10. The van der Waals surface area contributed by atoms with Crippen molar-refractivity contribution in [2.75, 3.05) is 12.3 Å². The van der Waals surface area contributed by atoms with Crippen LogP contribution in [0.15, 0.2) is 64.9 Å². The Morgan fingerprint density at radius 1 is 1.06 bits per heavy atom. The van der Waals surface area contributed by atoms with E-state index in [1.807, 2.05) is 5.38 Å². The maximum absolute atomic E-state index is 12.4. The number of aliphatic carboxylic acids is 1. The number of benzene rings is 2. The average Bonchev–Trinajstić information content (AvgIpc) is 3.21. The van der Waals surface area contributed by atoms with E-state index >= 15 is 0 Å². The third-order valence-corrected chi connectivity index (χ3v) is 6.78. The van der Waals surface area contributed by atoms with Crippen LogP contribution in [0, 0.1) is 0 Å². The molecule has 0 saturated carbocycles. The number of amides is 1. The van der Waals surface area contributed by atoms with E-state index in [0.29, 0.717) is 10.7 Å². The first-order chi connectivity index (χ1) is 15.2. The minimum absolute atomic E-state index is 0.0616. The molecule has 1 atom stereocenters. The SMILES string of the molecule is Nc1nc(CCc2ccc(C(=O)NCC(NS(=O)(=O)c3ccccc3)C(=O)O)cc2)cs1. The van der Waals surface area contributed by atoms with Gasteiger partial charge < -0.3 is 16.2 Å². The predicted octanol–water partition coefficient (Wildman–Crippen LogP) is 1.67. The summed E-state index contributed by atoms with van der Waals surface area (Å²) in [5, 5.41) is 14.3. The molecule has 1 heterocycles. The Kier molecular flexibility index (Phi) is 7.57. The number of hydrogen-bond acceptors (Lipinski definition) is 7. The number of anilines is 1. The number of sulfonamides is 1. The Morgan fingerprint density at radius 3 is 2.34 bits per heavy atom. The zero-order valence-corrected chi connectivity index (χ0v) is 18.5. The first kappa shape index (κ1) is 23.4. The standard InChI is InChI=1S/C21H22N4O5S2/c22-21-24-16(13-31-21)11-8-14-6-9-15(10-7-14)19(26)23-12-18(20(27)28)25-32(29,30)17-4-2-1-3-5-17/h1-7,9-10,13,18,25H,8,11-12H2,(H2,22,24)(H,23,26)(H,27,28). The van der Waals surface area contributed by atoms with Gasteiger partial charge in [-0.3, -0.25) is 9.59 Å². The lowest BCUT2D eigenvalue weighted by Gasteiger charge is -2.15. The highest BCUT2D eigenvalue weighted by Crippen LogP contribution is 2.14. The number of hydrogen-bond donors (Lipinski definition) is 4. The van der Waals surface area contributed by atoms with Crippen molar-refractivity contribution in [2.45, 2.75) is 23.8 Å². The summed E-state index contributed by atoms with van der Waals surface area (Å²) >= 11 is 1.39. The smallest absolute Gasteiger partial charge is 0.323 e. The van der Waals surface area contributed by atoms with Crippen LogP contribution < -0.4 is 15.8 Å². The number of carbonyl (C=O) groups excluding carboxylic acids is 1. The highest BCUT2D eigenvalue weighted by Gasteiger charge is 2.26. The molecule has 0 saturated heterocycles. The highest BCUT2D eigenvalue weighted by molar-refractivity contribution is 7.89. The molecule has 1 amide bonds. The van der Waals surface area contributed by atoms with Gasteiger partial charge in [-0.2, -0.15) is 4.72 Å². The molecule has 168 valence electrons. The predicted molar refractivity (Wildman–Crippen MR) is 121 cm³/mol. The van der Waals surface area contributed by atoms with E-state index < -0.39 is 34.5 Å². The zero-order chi connectivity index (χ0) is 23.1. The average molecular weight is 475 g/mol. The van der Waals surface area contributed by atoms with Crippen molar-refractivity contribution in [3.05, 3.63) is 76.8 Å². The normalized spacial score (nSPS) is 12.2. The highest BCUT2D eigenvalue weighted by atomic mass is 32.2. The maximum Gasteiger partial charge on any atom is 0.323 e. The molecular weight excluding hydrogens is 452 g/mol. The van der Waals surface area contributed by atoms with Gasteiger partial charge in [-0.25, -0.2) is 13.4 Å². The lowest BCUT2D eigenvalue weighted by atomic mass is 10.1. The van der Waals surface area contributed by atoms with Gasteiger partial charge in [0.1, 0.15) is 6.04 Å². The van der Waals surface area contributed by atoms with Crippen molar-refractivity contribution in [1.82, 2.24) is 15.0 Å². The van der Waals surface area contributed by atoms with E-state index in [-0.39, 0.29) is 4.90 Å². The van der Waals surface area contributed by atoms with Crippen molar-refractivity contribution in [2.24, 2.45) is 0 Å². The summed E-state index contributed by atoms with van der Waals surface area (Å²) in [5.74, 6) is -1.91. The minimum atomic E-state index is -4.04. The van der Waals surface area contributed by atoms with Gasteiger partial charge in [-0.05, 0) is 42.7 Å². The molecule has 32 heavy (non-hydrogen) atoms. The summed E-state index contributed by atoms with van der Waals surface area (Å²) in [6.45, 7) is -0.409. The summed E-state index contributed by atoms with van der Waals surface area (Å²) in [6.07, 6.45) is 1.45. The second-order valence-corrected chi connectivity index (χ2v) is 9.51. The molecule has 3 rings (SSSR count). The summed E-state index contributed by atoms with van der Waals surface area (Å²) < 4.78 is 26.8. The third kappa shape index (κ3) is 6.36. The number of aromatic nitrogens is 1. The van der Waals surface area contributed by atoms with Crippen molar-refractivity contribution in [1.29, 1.82) is 0 Å². The number of thiazole rings is 1. The van der Waals surface area contributed by atoms with Gasteiger partial charge in [-0.1, -0.05) is 30.3 Å². The molecule has 0 aliphatic carbocycles. The summed E-state index contributed by atoms with van der Waals surface area (Å²) in [6, 6.07) is 12.8. The van der Waals surface area contributed by atoms with Crippen LogP contribution in [-0.4, -0.2) is 43.0 Å². The number of nitrogens with one attached hydrogen (secondary N) is 2. The summed E-state index contributed by atoms with van der Waals surface area (Å²) in [4.78, 5) is 28.0. The first-order valence-corrected chi connectivity index (χ1v) is 12.0. The number of nitrogens with two attached hydrogens (primary N) is 1. The van der Waals surface area contributed by atoms with Gasteiger partial charge in [-0.15, -0.1) is 11.3 Å². The van der Waals surface area contributed by atoms with Crippen LogP contribution in [0.2, 0.25) is 0 Å². The van der Waals surface area contributed by atoms with E-state index in [1.165, 1.54) is 35.6 Å². The van der Waals surface area contributed by atoms with Crippen LogP contribution in [0.25, 0.3) is 0 Å². The number of carboxylic acid groups (broad SMARTS) is 1. The molecule has 0 spiro atoms. The molecule has 2 aromatic carbocycles. The Balaban J connectivity index is 1.56. The Labute approximate surface area is 189 Å². The fourth-order valence-electron chi connectivity index (χ4n) is 2.86. The Hall–Kier alpha value is -3.28. The molecule has 0 aliphatic heterocycles. The molecular formula is C21H22N4O5S2. The van der Waals surface area contributed by atoms with Crippen LogP contribution in [0.4, 0.5) is 5.13 Å². The third-order valence-electron chi connectivity index (χ3n) is 4.57. The van der Waals surface area contributed by atoms with E-state index in [0.717, 1.165) is 24.1 Å². The fraction of sp³-hybridized carbons (Fsp3) is 0.190. The van der Waals surface area contributed by atoms with Crippen LogP contribution in [-0.2, 0) is 27.7 Å². The van der Waals surface area contributed by atoms with Gasteiger partial charge >= 0.3 is 5.97 Å². The number of nitrogen functional groups attached to an aromatic ring is 1. The van der Waals surface area contributed by atoms with Gasteiger partial charge in [0.15, 0.2) is 5.13 Å². The quantitative estimate of drug-likeness (QED) is 0.349. The number of carboxylic acids is 1. The molecule has 0 radical (unpaired) electrons. The van der Waals surface area contributed by atoms with Crippen molar-refractivity contribution in [3.8, 4) is 0 Å². The zero-order valence-electron chi connectivity index (χ0n) is 16.9. The monoisotopic (exact) mass is 474 g/mol. The Bertz CT molecular complexity index is 1180.